The van der Waals surface area contributed by atoms with Gasteiger partial charge in [-0.05, 0) is 51.2 Å². The van der Waals surface area contributed by atoms with Gasteiger partial charge >= 0.3 is 0 Å². The average Bonchev–Trinajstić information content (AvgIpc) is 3.20. The number of amides is 1. The fourth-order valence-corrected chi connectivity index (χ4v) is 3.70. The Labute approximate surface area is 132 Å². The van der Waals surface area contributed by atoms with Gasteiger partial charge in [0.1, 0.15) is 5.75 Å². The number of carbonyl (C=O) groups is 1. The van der Waals surface area contributed by atoms with Crippen LogP contribution in [-0.4, -0.2) is 42.1 Å². The van der Waals surface area contributed by atoms with Gasteiger partial charge in [-0.3, -0.25) is 4.79 Å². The number of aromatic hydroxyl groups is 1. The summed E-state index contributed by atoms with van der Waals surface area (Å²) in [4.78, 5) is 16.8. The summed E-state index contributed by atoms with van der Waals surface area (Å²) in [6.07, 6.45) is 4.62. The largest absolute Gasteiger partial charge is 0.508 e. The van der Waals surface area contributed by atoms with E-state index in [1.54, 1.807) is 0 Å². The molecule has 1 aromatic rings. The first-order valence-electron chi connectivity index (χ1n) is 8.45. The Morgan fingerprint density at radius 1 is 1.09 bits per heavy atom. The molecule has 2 fully saturated rings. The summed E-state index contributed by atoms with van der Waals surface area (Å²) in [5, 5.41) is 10.4. The predicted molar refractivity (Wildman–Crippen MR) is 88.5 cm³/mol. The maximum Gasteiger partial charge on any atom is 0.229 e. The molecule has 2 aliphatic rings. The maximum absolute atomic E-state index is 12.6. The van der Waals surface area contributed by atoms with Crippen LogP contribution >= 0.6 is 0 Å². The Balaban J connectivity index is 1.84. The fraction of sp³-hybridized carbons (Fsp3) is 0.611. The molecule has 1 atom stereocenters. The normalized spacial score (nSPS) is 19.7. The molecule has 0 saturated carbocycles. The second-order valence-corrected chi connectivity index (χ2v) is 6.65. The van der Waals surface area contributed by atoms with Crippen molar-refractivity contribution in [2.24, 2.45) is 0 Å². The lowest BCUT2D eigenvalue weighted by molar-refractivity contribution is -0.131. The van der Waals surface area contributed by atoms with Gasteiger partial charge in [-0.25, -0.2) is 0 Å². The number of hydrogen-bond acceptors (Lipinski definition) is 3. The van der Waals surface area contributed by atoms with Crippen LogP contribution in [0, 0.1) is 6.92 Å². The first kappa shape index (κ1) is 15.2. The second kappa shape index (κ2) is 6.19. The highest BCUT2D eigenvalue weighted by atomic mass is 16.3. The number of carbonyl (C=O) groups excluding carboxylic acids is 1. The van der Waals surface area contributed by atoms with Crippen LogP contribution < -0.4 is 4.90 Å². The Morgan fingerprint density at radius 3 is 2.32 bits per heavy atom. The molecule has 0 radical (unpaired) electrons. The van der Waals surface area contributed by atoms with E-state index in [1.807, 2.05) is 24.0 Å². The fourth-order valence-electron chi connectivity index (χ4n) is 3.70. The number of benzene rings is 1. The predicted octanol–water partition coefficient (Wildman–Crippen LogP) is 3.03. The molecule has 3 rings (SSSR count). The van der Waals surface area contributed by atoms with E-state index in [-0.39, 0.29) is 17.6 Å². The molecule has 4 nitrogen and oxygen atoms in total. The number of hydrogen-bond donors (Lipinski definition) is 1. The van der Waals surface area contributed by atoms with Crippen molar-refractivity contribution in [3.8, 4) is 5.75 Å². The third-order valence-corrected chi connectivity index (χ3v) is 5.05. The minimum atomic E-state index is -0.274. The molecular formula is C18H26N2O2. The van der Waals surface area contributed by atoms with Crippen molar-refractivity contribution in [3.05, 3.63) is 23.3 Å². The molecule has 0 spiro atoms. The number of phenols is 1. The molecule has 1 N–H and O–H groups in total. The van der Waals surface area contributed by atoms with E-state index in [4.69, 9.17) is 0 Å². The van der Waals surface area contributed by atoms with Gasteiger partial charge in [0.2, 0.25) is 5.91 Å². The molecule has 1 amide bonds. The molecule has 2 aliphatic heterocycles. The van der Waals surface area contributed by atoms with Crippen LogP contribution in [0.15, 0.2) is 12.1 Å². The average molecular weight is 302 g/mol. The van der Waals surface area contributed by atoms with Crippen LogP contribution in [0.4, 0.5) is 5.69 Å². The van der Waals surface area contributed by atoms with Crippen molar-refractivity contribution in [1.82, 2.24) is 4.90 Å². The highest BCUT2D eigenvalue weighted by Crippen LogP contribution is 2.35. The van der Waals surface area contributed by atoms with Gasteiger partial charge in [0.05, 0.1) is 5.92 Å². The topological polar surface area (TPSA) is 43.8 Å². The van der Waals surface area contributed by atoms with Crippen molar-refractivity contribution in [3.63, 3.8) is 0 Å². The first-order chi connectivity index (χ1) is 10.6. The van der Waals surface area contributed by atoms with Crippen LogP contribution in [0.5, 0.6) is 5.75 Å². The van der Waals surface area contributed by atoms with Crippen molar-refractivity contribution >= 4 is 11.6 Å². The zero-order valence-corrected chi connectivity index (χ0v) is 13.6. The molecule has 4 heteroatoms. The maximum atomic E-state index is 12.6. The van der Waals surface area contributed by atoms with Crippen LogP contribution in [0.1, 0.15) is 49.7 Å². The smallest absolute Gasteiger partial charge is 0.229 e. The van der Waals surface area contributed by atoms with E-state index in [0.717, 1.165) is 55.8 Å². The van der Waals surface area contributed by atoms with E-state index in [2.05, 4.69) is 11.8 Å². The molecule has 2 saturated heterocycles. The summed E-state index contributed by atoms with van der Waals surface area (Å²) in [5.74, 6) is 0.123. The lowest BCUT2D eigenvalue weighted by Gasteiger charge is -2.24. The van der Waals surface area contributed by atoms with Gasteiger partial charge in [-0.2, -0.15) is 0 Å². The van der Waals surface area contributed by atoms with E-state index >= 15 is 0 Å². The van der Waals surface area contributed by atoms with E-state index in [0.29, 0.717) is 0 Å². The molecule has 0 bridgehead atoms. The van der Waals surface area contributed by atoms with E-state index < -0.39 is 0 Å². The number of nitrogens with zero attached hydrogens (tertiary/aromatic N) is 2. The molecule has 0 aromatic heterocycles. The van der Waals surface area contributed by atoms with Crippen LogP contribution in [0.3, 0.4) is 0 Å². The molecule has 1 unspecified atom stereocenters. The Morgan fingerprint density at radius 2 is 1.68 bits per heavy atom. The Hall–Kier alpha value is -1.71. The highest BCUT2D eigenvalue weighted by molar-refractivity contribution is 5.84. The first-order valence-corrected chi connectivity index (χ1v) is 8.45. The second-order valence-electron chi connectivity index (χ2n) is 6.65. The number of rotatable bonds is 3. The molecule has 22 heavy (non-hydrogen) atoms. The molecular weight excluding hydrogens is 276 g/mol. The van der Waals surface area contributed by atoms with Gasteiger partial charge in [-0.1, -0.05) is 0 Å². The Kier molecular flexibility index (Phi) is 4.27. The quantitative estimate of drug-likeness (QED) is 0.933. The zero-order chi connectivity index (χ0) is 15.7. The van der Waals surface area contributed by atoms with Gasteiger partial charge in [0.25, 0.3) is 0 Å². The van der Waals surface area contributed by atoms with Crippen molar-refractivity contribution in [2.45, 2.75) is 45.4 Å². The standard InChI is InChI=1S/C18H26N2O2/c1-13-11-15(14(2)18(22)20-9-5-6-10-20)17(21)12-16(13)19-7-3-4-8-19/h11-12,14,21H,3-10H2,1-2H3. The number of phenolic OH excluding ortho intramolecular Hbond substituents is 1. The third-order valence-electron chi connectivity index (χ3n) is 5.05. The van der Waals surface area contributed by atoms with Gasteiger partial charge in [0.15, 0.2) is 0 Å². The lowest BCUT2D eigenvalue weighted by atomic mass is 9.95. The number of anilines is 1. The minimum absolute atomic E-state index is 0.140. The summed E-state index contributed by atoms with van der Waals surface area (Å²) >= 11 is 0. The summed E-state index contributed by atoms with van der Waals surface area (Å²) in [5.41, 5.74) is 3.02. The summed E-state index contributed by atoms with van der Waals surface area (Å²) in [7, 11) is 0. The molecule has 0 aliphatic carbocycles. The molecule has 120 valence electrons. The monoisotopic (exact) mass is 302 g/mol. The van der Waals surface area contributed by atoms with Crippen molar-refractivity contribution < 1.29 is 9.90 Å². The molecule has 1 aromatic carbocycles. The van der Waals surface area contributed by atoms with Gasteiger partial charge < -0.3 is 14.9 Å². The Bertz CT molecular complexity index is 558. The van der Waals surface area contributed by atoms with Crippen molar-refractivity contribution in [2.75, 3.05) is 31.1 Å². The van der Waals surface area contributed by atoms with Crippen LogP contribution in [-0.2, 0) is 4.79 Å². The number of likely N-dealkylation sites (tertiary alicyclic amines) is 1. The summed E-state index contributed by atoms with van der Waals surface area (Å²) in [6, 6.07) is 3.85. The number of aryl methyl sites for hydroxylation is 1. The van der Waals surface area contributed by atoms with Crippen molar-refractivity contribution in [1.29, 1.82) is 0 Å². The zero-order valence-electron chi connectivity index (χ0n) is 13.6. The van der Waals surface area contributed by atoms with E-state index in [9.17, 15) is 9.90 Å². The molecule has 2 heterocycles. The van der Waals surface area contributed by atoms with Gasteiger partial charge in [-0.15, -0.1) is 0 Å². The summed E-state index contributed by atoms with van der Waals surface area (Å²) < 4.78 is 0. The third kappa shape index (κ3) is 2.79. The van der Waals surface area contributed by atoms with Crippen LogP contribution in [0.25, 0.3) is 0 Å². The highest BCUT2D eigenvalue weighted by Gasteiger charge is 2.27. The summed E-state index contributed by atoms with van der Waals surface area (Å²) in [6.45, 7) is 7.81. The van der Waals surface area contributed by atoms with Crippen LogP contribution in [0.2, 0.25) is 0 Å². The SMILES string of the molecule is Cc1cc(C(C)C(=O)N2CCCC2)c(O)cc1N1CCCC1. The van der Waals surface area contributed by atoms with E-state index in [1.165, 1.54) is 12.8 Å². The minimum Gasteiger partial charge on any atom is -0.508 e. The lowest BCUT2D eigenvalue weighted by Crippen LogP contribution is -2.31. The van der Waals surface area contributed by atoms with Gasteiger partial charge in [0, 0.05) is 43.5 Å².